The van der Waals surface area contributed by atoms with Gasteiger partial charge in [-0.05, 0) is 43.6 Å². The third-order valence-electron chi connectivity index (χ3n) is 6.85. The number of hydrogen-bond acceptors (Lipinski definition) is 7. The van der Waals surface area contributed by atoms with Gasteiger partial charge < -0.3 is 9.26 Å². The number of ketones is 1. The highest BCUT2D eigenvalue weighted by molar-refractivity contribution is 5.82. The first-order valence-electron chi connectivity index (χ1n) is 13.6. The van der Waals surface area contributed by atoms with E-state index in [1.807, 2.05) is 36.4 Å². The number of carbonyl (C=O) groups excluding carboxylic acids is 1. The van der Waals surface area contributed by atoms with Gasteiger partial charge in [-0.1, -0.05) is 56.3 Å². The lowest BCUT2D eigenvalue weighted by molar-refractivity contribution is -0.117. The van der Waals surface area contributed by atoms with Crippen LogP contribution in [-0.4, -0.2) is 56.7 Å². The molecule has 0 spiro atoms. The van der Waals surface area contributed by atoms with Crippen molar-refractivity contribution in [2.24, 2.45) is 0 Å². The lowest BCUT2D eigenvalue weighted by Crippen LogP contribution is -2.33. The van der Waals surface area contributed by atoms with Gasteiger partial charge in [0.25, 0.3) is 0 Å². The van der Waals surface area contributed by atoms with Crippen LogP contribution in [0.5, 0.6) is 5.88 Å². The predicted molar refractivity (Wildman–Crippen MR) is 149 cm³/mol. The van der Waals surface area contributed by atoms with Gasteiger partial charge in [0, 0.05) is 42.3 Å². The average Bonchev–Trinajstić information content (AvgIpc) is 3.57. The van der Waals surface area contributed by atoms with E-state index in [4.69, 9.17) is 9.26 Å². The molecule has 8 heteroatoms. The molecule has 0 bridgehead atoms. The highest BCUT2D eigenvalue weighted by atomic mass is 16.5. The minimum Gasteiger partial charge on any atom is -0.476 e. The molecule has 1 aromatic carbocycles. The van der Waals surface area contributed by atoms with Crippen molar-refractivity contribution >= 4 is 11.4 Å². The Balaban J connectivity index is 1.18. The zero-order valence-corrected chi connectivity index (χ0v) is 22.9. The lowest BCUT2D eigenvalue weighted by Gasteiger charge is -2.26. The van der Waals surface area contributed by atoms with Crippen molar-refractivity contribution in [3.63, 3.8) is 0 Å². The van der Waals surface area contributed by atoms with E-state index in [1.165, 1.54) is 19.3 Å². The number of likely N-dealkylation sites (tertiary alicyclic amines) is 1. The van der Waals surface area contributed by atoms with Crippen LogP contribution in [0.2, 0.25) is 0 Å². The summed E-state index contributed by atoms with van der Waals surface area (Å²) in [6.45, 7) is 9.99. The topological polar surface area (TPSA) is 85.8 Å². The van der Waals surface area contributed by atoms with Gasteiger partial charge in [0.1, 0.15) is 18.2 Å². The van der Waals surface area contributed by atoms with Crippen LogP contribution in [-0.2, 0) is 23.1 Å². The number of hydrogen-bond donors (Lipinski definition) is 0. The fourth-order valence-corrected chi connectivity index (χ4v) is 4.62. The highest BCUT2D eigenvalue weighted by Crippen LogP contribution is 2.23. The maximum atomic E-state index is 12.6. The second-order valence-corrected chi connectivity index (χ2v) is 11.1. The number of ether oxygens (including phenoxy) is 1. The minimum absolute atomic E-state index is 0.0916. The van der Waals surface area contributed by atoms with Crippen LogP contribution in [0.1, 0.15) is 68.2 Å². The van der Waals surface area contributed by atoms with Crippen molar-refractivity contribution in [3.8, 4) is 17.7 Å². The zero-order chi connectivity index (χ0) is 27.2. The Labute approximate surface area is 229 Å². The predicted octanol–water partition coefficient (Wildman–Crippen LogP) is 4.63. The average molecular weight is 526 g/mol. The van der Waals surface area contributed by atoms with Crippen molar-refractivity contribution in [2.75, 3.05) is 26.2 Å². The molecule has 5 rings (SSSR count). The van der Waals surface area contributed by atoms with Crippen LogP contribution >= 0.6 is 0 Å². The molecule has 4 heterocycles. The van der Waals surface area contributed by atoms with Crippen molar-refractivity contribution in [3.05, 3.63) is 76.9 Å². The van der Waals surface area contributed by atoms with Crippen molar-refractivity contribution in [2.45, 2.75) is 58.3 Å². The maximum absolute atomic E-state index is 12.6. The van der Waals surface area contributed by atoms with E-state index >= 15 is 0 Å². The minimum atomic E-state index is -0.132. The van der Waals surface area contributed by atoms with E-state index in [2.05, 4.69) is 52.8 Å². The van der Waals surface area contributed by atoms with E-state index in [0.29, 0.717) is 30.2 Å². The summed E-state index contributed by atoms with van der Waals surface area (Å²) in [7, 11) is 0. The third kappa shape index (κ3) is 6.92. The molecule has 202 valence electrons. The molecule has 0 radical (unpaired) electrons. The second kappa shape index (κ2) is 11.8. The Kier molecular flexibility index (Phi) is 8.08. The van der Waals surface area contributed by atoms with Crippen LogP contribution < -0.4 is 4.74 Å². The van der Waals surface area contributed by atoms with Gasteiger partial charge in [0.2, 0.25) is 5.88 Å². The summed E-state index contributed by atoms with van der Waals surface area (Å²) in [5.41, 5.74) is 3.73. The Morgan fingerprint density at radius 1 is 1.05 bits per heavy atom. The molecular formula is C31H35N5O3. The number of fused-ring (bicyclic) bond motifs is 1. The van der Waals surface area contributed by atoms with Gasteiger partial charge in [-0.15, -0.1) is 0 Å². The molecule has 39 heavy (non-hydrogen) atoms. The fourth-order valence-electron chi connectivity index (χ4n) is 4.62. The van der Waals surface area contributed by atoms with E-state index in [-0.39, 0.29) is 17.6 Å². The van der Waals surface area contributed by atoms with E-state index < -0.39 is 0 Å². The smallest absolute Gasteiger partial charge is 0.218 e. The van der Waals surface area contributed by atoms with E-state index in [0.717, 1.165) is 42.1 Å². The summed E-state index contributed by atoms with van der Waals surface area (Å²) in [5.74, 6) is 7.91. The van der Waals surface area contributed by atoms with Crippen molar-refractivity contribution in [1.29, 1.82) is 0 Å². The summed E-state index contributed by atoms with van der Waals surface area (Å²) >= 11 is 0. The summed E-state index contributed by atoms with van der Waals surface area (Å²) in [6, 6.07) is 11.4. The Bertz CT molecular complexity index is 1480. The fraction of sp³-hybridized carbons (Fsp3) is 0.419. The summed E-state index contributed by atoms with van der Waals surface area (Å²) in [6.07, 6.45) is 7.90. The number of carbonyl (C=O) groups is 1. The van der Waals surface area contributed by atoms with Gasteiger partial charge in [0.15, 0.2) is 5.65 Å². The molecule has 0 amide bonds. The van der Waals surface area contributed by atoms with Gasteiger partial charge in [-0.2, -0.15) is 9.61 Å². The quantitative estimate of drug-likeness (QED) is 0.310. The first kappa shape index (κ1) is 26.6. The monoisotopic (exact) mass is 525 g/mol. The first-order chi connectivity index (χ1) is 18.8. The Morgan fingerprint density at radius 3 is 2.59 bits per heavy atom. The number of nitrogens with zero attached hydrogens (tertiary/aromatic N) is 5. The van der Waals surface area contributed by atoms with E-state index in [9.17, 15) is 4.79 Å². The number of aromatic nitrogens is 4. The number of rotatable bonds is 8. The highest BCUT2D eigenvalue weighted by Gasteiger charge is 2.20. The molecule has 3 aromatic heterocycles. The number of Topliss-reactive ketones (excluding diaryl/α,β-unsaturated/α-hetero) is 1. The molecule has 1 aliphatic rings. The molecule has 4 aromatic rings. The van der Waals surface area contributed by atoms with Crippen LogP contribution in [0.25, 0.3) is 5.65 Å². The van der Waals surface area contributed by atoms with Gasteiger partial charge in [-0.25, -0.2) is 4.98 Å². The SMILES string of the molecule is CC(C)(C)c1cc(CC(=O)Cc2ccc(C#Cc3cnn4c(OCCN5CCCCC5)ccnc34)cc2)no1. The standard InChI is InChI=1S/C31H35N5O3/c1-31(2,3)28-21-26(34-39-28)20-27(37)19-24-9-7-23(8-10-24)11-12-25-22-33-36-29(13-14-32-30(25)36)38-18-17-35-15-5-4-6-16-35/h7-10,13-14,21-22H,4-6,15-20H2,1-3H3. The van der Waals surface area contributed by atoms with Crippen molar-refractivity contribution < 1.29 is 14.1 Å². The van der Waals surface area contributed by atoms with Gasteiger partial charge in [-0.3, -0.25) is 9.69 Å². The molecule has 8 nitrogen and oxygen atoms in total. The van der Waals surface area contributed by atoms with Crippen LogP contribution in [0.4, 0.5) is 0 Å². The summed E-state index contributed by atoms with van der Waals surface area (Å²) in [5, 5.41) is 8.51. The van der Waals surface area contributed by atoms with Crippen LogP contribution in [0, 0.1) is 11.8 Å². The molecule has 1 aliphatic heterocycles. The number of piperidine rings is 1. The molecule has 0 atom stereocenters. The molecule has 1 saturated heterocycles. The Morgan fingerprint density at radius 2 is 1.85 bits per heavy atom. The van der Waals surface area contributed by atoms with Crippen LogP contribution in [0.3, 0.4) is 0 Å². The number of benzene rings is 1. The van der Waals surface area contributed by atoms with Crippen molar-refractivity contribution in [1.82, 2.24) is 24.7 Å². The lowest BCUT2D eigenvalue weighted by atomic mass is 9.93. The summed E-state index contributed by atoms with van der Waals surface area (Å²) < 4.78 is 13.1. The zero-order valence-electron chi connectivity index (χ0n) is 22.9. The largest absolute Gasteiger partial charge is 0.476 e. The van der Waals surface area contributed by atoms with Gasteiger partial charge in [0.05, 0.1) is 23.9 Å². The molecule has 0 aliphatic carbocycles. The van der Waals surface area contributed by atoms with Crippen LogP contribution in [0.15, 0.2) is 53.3 Å². The third-order valence-corrected chi connectivity index (χ3v) is 6.85. The summed E-state index contributed by atoms with van der Waals surface area (Å²) in [4.78, 5) is 19.5. The molecular weight excluding hydrogens is 490 g/mol. The van der Waals surface area contributed by atoms with E-state index in [1.54, 1.807) is 16.9 Å². The Hall–Kier alpha value is -3.96. The molecule has 1 fully saturated rings. The molecule has 0 saturated carbocycles. The van der Waals surface area contributed by atoms with Gasteiger partial charge >= 0.3 is 0 Å². The molecule has 0 unspecified atom stereocenters. The first-order valence-corrected chi connectivity index (χ1v) is 13.6. The normalized spacial score (nSPS) is 14.2. The second-order valence-electron chi connectivity index (χ2n) is 11.1. The maximum Gasteiger partial charge on any atom is 0.218 e. The molecule has 0 N–H and O–H groups in total.